The Morgan fingerprint density at radius 3 is 2.54 bits per heavy atom. The van der Waals surface area contributed by atoms with E-state index in [4.69, 9.17) is 15.0 Å². The summed E-state index contributed by atoms with van der Waals surface area (Å²) in [6, 6.07) is 14.4. The highest BCUT2D eigenvalue weighted by Crippen LogP contribution is 2.38. The Balaban J connectivity index is 0.00000225. The molecular formula is C20H21ClN4O3. The van der Waals surface area contributed by atoms with Crippen LogP contribution < -0.4 is 15.8 Å². The maximum Gasteiger partial charge on any atom is 0.229 e. The fourth-order valence-corrected chi connectivity index (χ4v) is 2.63. The zero-order valence-electron chi connectivity index (χ0n) is 15.1. The van der Waals surface area contributed by atoms with Crippen LogP contribution in [0.15, 0.2) is 53.1 Å². The molecule has 1 aliphatic carbocycles. The minimum Gasteiger partial charge on any atom is -0.485 e. The molecule has 0 aliphatic heterocycles. The first kappa shape index (κ1) is 19.7. The highest BCUT2D eigenvalue weighted by Gasteiger charge is 2.29. The van der Waals surface area contributed by atoms with Crippen LogP contribution in [0.5, 0.6) is 5.75 Å². The van der Waals surface area contributed by atoms with Crippen molar-refractivity contribution in [2.75, 3.05) is 11.1 Å². The minimum absolute atomic E-state index is 0. The van der Waals surface area contributed by atoms with Gasteiger partial charge in [-0.1, -0.05) is 17.3 Å². The molecule has 146 valence electrons. The van der Waals surface area contributed by atoms with Gasteiger partial charge in [-0.25, -0.2) is 0 Å². The number of nitrogens with zero attached hydrogens (tertiary/aromatic N) is 2. The lowest BCUT2D eigenvalue weighted by molar-refractivity contribution is -0.115. The Morgan fingerprint density at radius 2 is 1.86 bits per heavy atom. The zero-order valence-corrected chi connectivity index (χ0v) is 15.9. The Labute approximate surface area is 168 Å². The Morgan fingerprint density at radius 1 is 1.14 bits per heavy atom. The molecule has 3 aromatic rings. The smallest absolute Gasteiger partial charge is 0.229 e. The number of anilines is 2. The molecule has 1 aliphatic rings. The van der Waals surface area contributed by atoms with E-state index < -0.39 is 0 Å². The molecule has 0 bridgehead atoms. The maximum atomic E-state index is 12.1. The van der Waals surface area contributed by atoms with Crippen LogP contribution in [0.25, 0.3) is 0 Å². The Kier molecular flexibility index (Phi) is 6.16. The fraction of sp³-hybridized carbons (Fsp3) is 0.250. The van der Waals surface area contributed by atoms with E-state index in [1.807, 2.05) is 12.1 Å². The summed E-state index contributed by atoms with van der Waals surface area (Å²) >= 11 is 0. The normalized spacial score (nSPS) is 12.9. The monoisotopic (exact) mass is 400 g/mol. The third-order valence-electron chi connectivity index (χ3n) is 4.26. The van der Waals surface area contributed by atoms with Gasteiger partial charge in [-0.15, -0.1) is 12.4 Å². The molecule has 1 amide bonds. The summed E-state index contributed by atoms with van der Waals surface area (Å²) in [5, 5.41) is 6.78. The molecule has 0 unspecified atom stereocenters. The number of nitrogens with two attached hydrogens (primary N) is 1. The number of aromatic nitrogens is 2. The summed E-state index contributed by atoms with van der Waals surface area (Å²) in [7, 11) is 0. The highest BCUT2D eigenvalue weighted by atomic mass is 35.5. The molecular weight excluding hydrogens is 380 g/mol. The number of benzene rings is 2. The predicted molar refractivity (Wildman–Crippen MR) is 107 cm³/mol. The van der Waals surface area contributed by atoms with Crippen LogP contribution in [-0.2, 0) is 17.8 Å². The summed E-state index contributed by atoms with van der Waals surface area (Å²) in [6.45, 7) is 0.249. The summed E-state index contributed by atoms with van der Waals surface area (Å²) < 4.78 is 10.9. The van der Waals surface area contributed by atoms with Gasteiger partial charge >= 0.3 is 0 Å². The second-order valence-corrected chi connectivity index (χ2v) is 6.60. The van der Waals surface area contributed by atoms with Crippen molar-refractivity contribution < 1.29 is 14.1 Å². The van der Waals surface area contributed by atoms with E-state index in [1.54, 1.807) is 36.4 Å². The number of nitrogen functional groups attached to an aromatic ring is 1. The minimum atomic E-state index is -0.0900. The Bertz CT molecular complexity index is 921. The summed E-state index contributed by atoms with van der Waals surface area (Å²) in [5.41, 5.74) is 7.94. The summed E-state index contributed by atoms with van der Waals surface area (Å²) in [6.07, 6.45) is 2.53. The number of hydrogen-bond acceptors (Lipinski definition) is 6. The summed E-state index contributed by atoms with van der Waals surface area (Å²) in [5.74, 6) is 2.25. The van der Waals surface area contributed by atoms with Gasteiger partial charge < -0.3 is 20.3 Å². The lowest BCUT2D eigenvalue weighted by atomic mass is 10.1. The van der Waals surface area contributed by atoms with Gasteiger partial charge in [-0.3, -0.25) is 4.79 Å². The van der Waals surface area contributed by atoms with Crippen molar-refractivity contribution in [3.63, 3.8) is 0 Å². The third-order valence-corrected chi connectivity index (χ3v) is 4.26. The van der Waals surface area contributed by atoms with Gasteiger partial charge in [0.2, 0.25) is 17.6 Å². The van der Waals surface area contributed by atoms with Crippen molar-refractivity contribution in [3.8, 4) is 5.75 Å². The number of hydrogen-bond donors (Lipinski definition) is 2. The van der Waals surface area contributed by atoms with Gasteiger partial charge in [-0.2, -0.15) is 4.98 Å². The van der Waals surface area contributed by atoms with Crippen molar-refractivity contribution in [2.24, 2.45) is 0 Å². The number of carbonyl (C=O) groups excluding carboxylic acids is 1. The average molecular weight is 401 g/mol. The van der Waals surface area contributed by atoms with Gasteiger partial charge in [0.25, 0.3) is 0 Å². The van der Waals surface area contributed by atoms with Crippen molar-refractivity contribution in [2.45, 2.75) is 31.8 Å². The van der Waals surface area contributed by atoms with E-state index in [1.165, 1.54) is 0 Å². The highest BCUT2D eigenvalue weighted by molar-refractivity contribution is 5.92. The largest absolute Gasteiger partial charge is 0.485 e. The van der Waals surface area contributed by atoms with E-state index in [2.05, 4.69) is 15.5 Å². The zero-order chi connectivity index (χ0) is 18.6. The molecule has 0 spiro atoms. The van der Waals surface area contributed by atoms with E-state index in [0.29, 0.717) is 41.2 Å². The molecule has 7 nitrogen and oxygen atoms in total. The molecule has 0 atom stereocenters. The van der Waals surface area contributed by atoms with Crippen LogP contribution in [-0.4, -0.2) is 16.0 Å². The second-order valence-electron chi connectivity index (χ2n) is 6.60. The average Bonchev–Trinajstić information content (AvgIpc) is 3.41. The van der Waals surface area contributed by atoms with Gasteiger partial charge in [0.1, 0.15) is 5.75 Å². The van der Waals surface area contributed by atoms with Crippen LogP contribution in [0.1, 0.15) is 36.0 Å². The maximum absolute atomic E-state index is 12.1. The van der Waals surface area contributed by atoms with Gasteiger partial charge in [0.15, 0.2) is 6.61 Å². The van der Waals surface area contributed by atoms with Crippen molar-refractivity contribution in [1.29, 1.82) is 0 Å². The molecule has 4 rings (SSSR count). The van der Waals surface area contributed by atoms with Crippen LogP contribution in [0.3, 0.4) is 0 Å². The molecule has 2 aromatic carbocycles. The van der Waals surface area contributed by atoms with Crippen molar-refractivity contribution in [3.05, 3.63) is 65.8 Å². The number of halogens is 1. The van der Waals surface area contributed by atoms with Crippen LogP contribution in [0.4, 0.5) is 11.4 Å². The fourth-order valence-electron chi connectivity index (χ4n) is 2.63. The quantitative estimate of drug-likeness (QED) is 0.586. The number of amides is 1. The third kappa shape index (κ3) is 5.23. The van der Waals surface area contributed by atoms with Gasteiger partial charge in [0, 0.05) is 17.3 Å². The van der Waals surface area contributed by atoms with Gasteiger partial charge in [-0.05, 0) is 54.8 Å². The van der Waals surface area contributed by atoms with Crippen LogP contribution in [0.2, 0.25) is 0 Å². The molecule has 8 heteroatoms. The second kappa shape index (κ2) is 8.75. The molecule has 1 fully saturated rings. The molecule has 0 saturated heterocycles. The van der Waals surface area contributed by atoms with E-state index in [0.717, 1.165) is 18.4 Å². The molecule has 1 saturated carbocycles. The first-order valence-electron chi connectivity index (χ1n) is 8.85. The SMILES string of the molecule is Cl.Nc1ccc(CC(=O)Nc2ccc(OCc3noc(C4CC4)n3)cc2)cc1. The summed E-state index contributed by atoms with van der Waals surface area (Å²) in [4.78, 5) is 16.4. The van der Waals surface area contributed by atoms with Crippen molar-refractivity contribution in [1.82, 2.24) is 10.1 Å². The van der Waals surface area contributed by atoms with Crippen LogP contribution >= 0.6 is 12.4 Å². The van der Waals surface area contributed by atoms with E-state index >= 15 is 0 Å². The number of carbonyl (C=O) groups is 1. The number of ether oxygens (including phenoxy) is 1. The molecule has 1 heterocycles. The molecule has 1 aromatic heterocycles. The van der Waals surface area contributed by atoms with Gasteiger partial charge in [0.05, 0.1) is 6.42 Å². The molecule has 28 heavy (non-hydrogen) atoms. The standard InChI is InChI=1S/C20H20N4O3.ClH/c21-15-5-1-13(2-6-15)11-19(25)22-16-7-9-17(10-8-16)26-12-18-23-20(27-24-18)14-3-4-14;/h1-2,5-10,14H,3-4,11-12,21H2,(H,22,25);1H. The first-order chi connectivity index (χ1) is 13.2. The number of nitrogens with one attached hydrogen (secondary N) is 1. The van der Waals surface area contributed by atoms with Crippen molar-refractivity contribution >= 4 is 29.7 Å². The lowest BCUT2D eigenvalue weighted by Gasteiger charge is -2.07. The predicted octanol–water partition coefficient (Wildman–Crippen LogP) is 3.71. The molecule has 0 radical (unpaired) electrons. The topological polar surface area (TPSA) is 103 Å². The van der Waals surface area contributed by atoms with Crippen LogP contribution in [0, 0.1) is 0 Å². The van der Waals surface area contributed by atoms with E-state index in [-0.39, 0.29) is 24.9 Å². The van der Waals surface area contributed by atoms with E-state index in [9.17, 15) is 4.79 Å². The Hall–Kier alpha value is -3.06. The number of rotatable bonds is 7. The molecule has 3 N–H and O–H groups in total. The first-order valence-corrected chi connectivity index (χ1v) is 8.85. The lowest BCUT2D eigenvalue weighted by Crippen LogP contribution is -2.14.